The van der Waals surface area contributed by atoms with Crippen LogP contribution >= 0.6 is 0 Å². The molecule has 0 bridgehead atoms. The average molecular weight is 321 g/mol. The number of hydrogen-bond acceptors (Lipinski definition) is 3. The third-order valence-electron chi connectivity index (χ3n) is 6.04. The Bertz CT molecular complexity index is 436. The molecule has 3 aliphatic rings. The molecule has 0 aromatic heterocycles. The maximum Gasteiger partial charge on any atom is 0.245 e. The van der Waals surface area contributed by atoms with Crippen LogP contribution in [0.4, 0.5) is 0 Å². The van der Waals surface area contributed by atoms with Crippen LogP contribution in [0.3, 0.4) is 0 Å². The maximum absolute atomic E-state index is 13.0. The molecule has 2 amide bonds. The second-order valence-electron chi connectivity index (χ2n) is 7.60. The molecule has 3 rings (SSSR count). The van der Waals surface area contributed by atoms with Crippen molar-refractivity contribution in [1.29, 1.82) is 0 Å². The first-order valence-electron chi connectivity index (χ1n) is 9.44. The third kappa shape index (κ3) is 3.54. The van der Waals surface area contributed by atoms with Crippen molar-refractivity contribution >= 4 is 11.8 Å². The van der Waals surface area contributed by atoms with Gasteiger partial charge in [-0.1, -0.05) is 6.92 Å². The molecule has 0 radical (unpaired) electrons. The molecule has 1 N–H and O–H groups in total. The molecule has 0 saturated carbocycles. The number of piperidine rings is 2. The lowest BCUT2D eigenvalue weighted by Crippen LogP contribution is -2.55. The molecular weight excluding hydrogens is 290 g/mol. The Morgan fingerprint density at radius 1 is 1.13 bits per heavy atom. The van der Waals surface area contributed by atoms with E-state index in [1.807, 2.05) is 16.7 Å². The van der Waals surface area contributed by atoms with Gasteiger partial charge in [0.05, 0.1) is 0 Å². The Balaban J connectivity index is 1.60. The number of hydrogen-bond donors (Lipinski definition) is 1. The SMILES string of the molecule is CCCC(=O)N1CCCCC1C(=O)N1CCC2(CCNC2)CC1. The van der Waals surface area contributed by atoms with Crippen molar-refractivity contribution in [2.24, 2.45) is 5.41 Å². The molecule has 23 heavy (non-hydrogen) atoms. The smallest absolute Gasteiger partial charge is 0.245 e. The molecule has 3 saturated heterocycles. The molecular formula is C18H31N3O2. The van der Waals surface area contributed by atoms with Crippen LogP contribution in [-0.2, 0) is 9.59 Å². The van der Waals surface area contributed by atoms with Crippen LogP contribution in [0.15, 0.2) is 0 Å². The summed E-state index contributed by atoms with van der Waals surface area (Å²) in [6.45, 7) is 6.75. The predicted octanol–water partition coefficient (Wildman–Crippen LogP) is 1.77. The van der Waals surface area contributed by atoms with Gasteiger partial charge in [0.1, 0.15) is 6.04 Å². The van der Waals surface area contributed by atoms with E-state index in [0.717, 1.165) is 71.2 Å². The van der Waals surface area contributed by atoms with Crippen molar-refractivity contribution in [2.75, 3.05) is 32.7 Å². The Morgan fingerprint density at radius 2 is 1.91 bits per heavy atom. The van der Waals surface area contributed by atoms with Crippen LogP contribution in [-0.4, -0.2) is 60.4 Å². The zero-order valence-electron chi connectivity index (χ0n) is 14.5. The van der Waals surface area contributed by atoms with E-state index >= 15 is 0 Å². The fraction of sp³-hybridized carbons (Fsp3) is 0.889. The lowest BCUT2D eigenvalue weighted by molar-refractivity contribution is -0.149. The number of carbonyl (C=O) groups excluding carboxylic acids is 2. The third-order valence-corrected chi connectivity index (χ3v) is 6.04. The fourth-order valence-electron chi connectivity index (χ4n) is 4.48. The summed E-state index contributed by atoms with van der Waals surface area (Å²) in [5.74, 6) is 0.369. The van der Waals surface area contributed by atoms with Crippen LogP contribution in [0.2, 0.25) is 0 Å². The fourth-order valence-corrected chi connectivity index (χ4v) is 4.48. The summed E-state index contributed by atoms with van der Waals surface area (Å²) >= 11 is 0. The topological polar surface area (TPSA) is 52.7 Å². The van der Waals surface area contributed by atoms with Gasteiger partial charge in [-0.3, -0.25) is 9.59 Å². The quantitative estimate of drug-likeness (QED) is 0.862. The van der Waals surface area contributed by atoms with Gasteiger partial charge in [-0.15, -0.1) is 0 Å². The highest BCUT2D eigenvalue weighted by atomic mass is 16.2. The Kier molecular flexibility index (Phi) is 5.24. The summed E-state index contributed by atoms with van der Waals surface area (Å²) in [6.07, 6.45) is 7.84. The molecule has 5 nitrogen and oxygen atoms in total. The minimum absolute atomic E-state index is 0.166. The largest absolute Gasteiger partial charge is 0.341 e. The normalized spacial score (nSPS) is 27.4. The number of nitrogens with zero attached hydrogens (tertiary/aromatic N) is 2. The van der Waals surface area contributed by atoms with Gasteiger partial charge in [0.25, 0.3) is 0 Å². The number of nitrogens with one attached hydrogen (secondary N) is 1. The molecule has 1 spiro atoms. The van der Waals surface area contributed by atoms with Crippen molar-refractivity contribution in [3.05, 3.63) is 0 Å². The van der Waals surface area contributed by atoms with Gasteiger partial charge in [0.15, 0.2) is 0 Å². The van der Waals surface area contributed by atoms with Gasteiger partial charge in [0, 0.05) is 32.6 Å². The molecule has 0 aliphatic carbocycles. The lowest BCUT2D eigenvalue weighted by atomic mass is 9.77. The molecule has 130 valence electrons. The van der Waals surface area contributed by atoms with Crippen molar-refractivity contribution in [3.8, 4) is 0 Å². The highest BCUT2D eigenvalue weighted by molar-refractivity contribution is 5.88. The van der Waals surface area contributed by atoms with Gasteiger partial charge >= 0.3 is 0 Å². The molecule has 1 atom stereocenters. The minimum Gasteiger partial charge on any atom is -0.341 e. The van der Waals surface area contributed by atoms with E-state index in [4.69, 9.17) is 0 Å². The minimum atomic E-state index is -0.196. The highest BCUT2D eigenvalue weighted by Crippen LogP contribution is 2.37. The Labute approximate surface area is 139 Å². The molecule has 0 aromatic carbocycles. The van der Waals surface area contributed by atoms with Gasteiger partial charge in [0.2, 0.25) is 11.8 Å². The van der Waals surface area contributed by atoms with Gasteiger partial charge in [-0.25, -0.2) is 0 Å². The van der Waals surface area contributed by atoms with Gasteiger partial charge < -0.3 is 15.1 Å². The molecule has 3 fully saturated rings. The van der Waals surface area contributed by atoms with Crippen LogP contribution in [0.1, 0.15) is 58.3 Å². The first-order chi connectivity index (χ1) is 11.2. The van der Waals surface area contributed by atoms with E-state index < -0.39 is 0 Å². The van der Waals surface area contributed by atoms with E-state index in [1.165, 1.54) is 6.42 Å². The van der Waals surface area contributed by atoms with Crippen molar-refractivity contribution in [1.82, 2.24) is 15.1 Å². The van der Waals surface area contributed by atoms with Gasteiger partial charge in [-0.2, -0.15) is 0 Å². The average Bonchev–Trinajstić information content (AvgIpc) is 3.03. The van der Waals surface area contributed by atoms with Crippen LogP contribution in [0.5, 0.6) is 0 Å². The Hall–Kier alpha value is -1.10. The zero-order valence-corrected chi connectivity index (χ0v) is 14.5. The van der Waals surface area contributed by atoms with Crippen molar-refractivity contribution < 1.29 is 9.59 Å². The van der Waals surface area contributed by atoms with E-state index in [1.54, 1.807) is 0 Å². The maximum atomic E-state index is 13.0. The number of rotatable bonds is 3. The number of carbonyl (C=O) groups is 2. The van der Waals surface area contributed by atoms with E-state index in [-0.39, 0.29) is 17.9 Å². The molecule has 5 heteroatoms. The van der Waals surface area contributed by atoms with Crippen molar-refractivity contribution in [2.45, 2.75) is 64.3 Å². The predicted molar refractivity (Wildman–Crippen MR) is 90.0 cm³/mol. The standard InChI is InChI=1S/C18H31N3O2/c1-2-5-16(22)21-11-4-3-6-15(21)17(23)20-12-8-18(9-13-20)7-10-19-14-18/h15,19H,2-14H2,1H3. The highest BCUT2D eigenvalue weighted by Gasteiger charge is 2.41. The summed E-state index contributed by atoms with van der Waals surface area (Å²) in [4.78, 5) is 29.2. The number of likely N-dealkylation sites (tertiary alicyclic amines) is 2. The zero-order chi connectivity index (χ0) is 16.3. The number of amides is 2. The summed E-state index contributed by atoms with van der Waals surface area (Å²) in [5, 5.41) is 3.47. The van der Waals surface area contributed by atoms with E-state index in [2.05, 4.69) is 5.32 Å². The summed E-state index contributed by atoms with van der Waals surface area (Å²) in [6, 6.07) is -0.196. The second kappa shape index (κ2) is 7.20. The Morgan fingerprint density at radius 3 is 2.57 bits per heavy atom. The summed E-state index contributed by atoms with van der Waals surface area (Å²) in [7, 11) is 0. The summed E-state index contributed by atoms with van der Waals surface area (Å²) in [5.41, 5.74) is 0.432. The van der Waals surface area contributed by atoms with Crippen LogP contribution < -0.4 is 5.32 Å². The molecule has 0 aromatic rings. The second-order valence-corrected chi connectivity index (χ2v) is 7.60. The first kappa shape index (κ1) is 16.7. The van der Waals surface area contributed by atoms with E-state index in [9.17, 15) is 9.59 Å². The lowest BCUT2D eigenvalue weighted by Gasteiger charge is -2.43. The summed E-state index contributed by atoms with van der Waals surface area (Å²) < 4.78 is 0. The molecule has 3 heterocycles. The van der Waals surface area contributed by atoms with Crippen molar-refractivity contribution in [3.63, 3.8) is 0 Å². The first-order valence-corrected chi connectivity index (χ1v) is 9.44. The van der Waals surface area contributed by atoms with Gasteiger partial charge in [-0.05, 0) is 56.9 Å². The van der Waals surface area contributed by atoms with Crippen LogP contribution in [0, 0.1) is 5.41 Å². The molecule has 1 unspecified atom stereocenters. The van der Waals surface area contributed by atoms with E-state index in [0.29, 0.717) is 11.8 Å². The monoisotopic (exact) mass is 321 g/mol. The molecule has 3 aliphatic heterocycles. The van der Waals surface area contributed by atoms with Crippen LogP contribution in [0.25, 0.3) is 0 Å².